The zero-order chi connectivity index (χ0) is 34.2. The van der Waals surface area contributed by atoms with Crippen molar-refractivity contribution in [3.63, 3.8) is 0 Å². The van der Waals surface area contributed by atoms with Crippen molar-refractivity contribution in [1.29, 1.82) is 0 Å². The number of para-hydroxylation sites is 1. The summed E-state index contributed by atoms with van der Waals surface area (Å²) in [7, 11) is 4.57. The number of benzene rings is 2. The van der Waals surface area contributed by atoms with E-state index in [1.54, 1.807) is 53.2 Å². The van der Waals surface area contributed by atoms with Crippen molar-refractivity contribution in [2.75, 3.05) is 21.1 Å². The van der Waals surface area contributed by atoms with Gasteiger partial charge >= 0.3 is 0 Å². The van der Waals surface area contributed by atoms with E-state index in [4.69, 9.17) is 4.74 Å². The molecule has 4 amide bonds. The van der Waals surface area contributed by atoms with Gasteiger partial charge in [-0.3, -0.25) is 24.2 Å². The minimum absolute atomic E-state index is 0. The van der Waals surface area contributed by atoms with Crippen LogP contribution in [0.2, 0.25) is 0 Å². The molecule has 0 saturated carbocycles. The number of carbonyl (C=O) groups is 4. The molecule has 5 aromatic rings. The molecular formula is C36H37Cl2N7O5. The van der Waals surface area contributed by atoms with Gasteiger partial charge in [-0.25, -0.2) is 4.98 Å². The summed E-state index contributed by atoms with van der Waals surface area (Å²) in [6.07, 6.45) is 6.24. The summed E-state index contributed by atoms with van der Waals surface area (Å²) >= 11 is 0. The smallest absolute Gasteiger partial charge is 0.269 e. The first-order valence-corrected chi connectivity index (χ1v) is 15.1. The zero-order valence-electron chi connectivity index (χ0n) is 27.8. The second kappa shape index (κ2) is 17.6. The highest BCUT2D eigenvalue weighted by Gasteiger charge is 2.24. The van der Waals surface area contributed by atoms with Crippen LogP contribution in [0.15, 0.2) is 85.2 Å². The molecule has 0 spiro atoms. The summed E-state index contributed by atoms with van der Waals surface area (Å²) in [4.78, 5) is 59.7. The van der Waals surface area contributed by atoms with Gasteiger partial charge in [-0.2, -0.15) is 0 Å². The Balaban J connectivity index is 0.00000338. The monoisotopic (exact) mass is 717 g/mol. The molecule has 0 aliphatic heterocycles. The van der Waals surface area contributed by atoms with Crippen LogP contribution in [-0.2, 0) is 17.9 Å². The van der Waals surface area contributed by atoms with E-state index in [1.807, 2.05) is 37.3 Å². The summed E-state index contributed by atoms with van der Waals surface area (Å²) < 4.78 is 8.07. The Morgan fingerprint density at radius 2 is 1.60 bits per heavy atom. The van der Waals surface area contributed by atoms with Gasteiger partial charge in [0, 0.05) is 67.5 Å². The molecule has 0 radical (unpaired) electrons. The average Bonchev–Trinajstić information content (AvgIpc) is 3.59. The second-order valence-electron chi connectivity index (χ2n) is 10.7. The summed E-state index contributed by atoms with van der Waals surface area (Å²) in [6, 6.07) is 19.7. The summed E-state index contributed by atoms with van der Waals surface area (Å²) in [6.45, 7) is 1.94. The van der Waals surface area contributed by atoms with E-state index in [2.05, 4.69) is 31.2 Å². The van der Waals surface area contributed by atoms with Gasteiger partial charge in [0.25, 0.3) is 17.7 Å². The molecule has 3 heterocycles. The number of nitrogens with one attached hydrogen (secondary N) is 4. The SMILES string of the molecule is CNC(=O)c1ccc(/C=C/C(=O)NCc2cccn2-c2ccc(C(=O)NC)c(COc3cccc4ccc(C)nc34)c2C(=O)NC)cn1.Cl.Cl. The number of rotatable bonds is 11. The number of hydrogen-bond donors (Lipinski definition) is 4. The topological polar surface area (TPSA) is 156 Å². The lowest BCUT2D eigenvalue weighted by Gasteiger charge is -2.20. The van der Waals surface area contributed by atoms with Crippen LogP contribution in [0, 0.1) is 6.92 Å². The van der Waals surface area contributed by atoms with Gasteiger partial charge in [0.2, 0.25) is 5.91 Å². The van der Waals surface area contributed by atoms with E-state index in [0.717, 1.165) is 11.1 Å². The molecule has 3 aromatic heterocycles. The Morgan fingerprint density at radius 1 is 0.840 bits per heavy atom. The highest BCUT2D eigenvalue weighted by atomic mass is 35.5. The van der Waals surface area contributed by atoms with Crippen molar-refractivity contribution in [2.24, 2.45) is 0 Å². The quantitative estimate of drug-likeness (QED) is 0.146. The average molecular weight is 719 g/mol. The van der Waals surface area contributed by atoms with Crippen LogP contribution in [0.3, 0.4) is 0 Å². The Bertz CT molecular complexity index is 2050. The maximum atomic E-state index is 13.5. The predicted molar refractivity (Wildman–Crippen MR) is 196 cm³/mol. The van der Waals surface area contributed by atoms with Crippen molar-refractivity contribution >= 4 is 65.4 Å². The number of carbonyl (C=O) groups excluding carboxylic acids is 4. The van der Waals surface area contributed by atoms with Crippen molar-refractivity contribution in [3.8, 4) is 11.4 Å². The van der Waals surface area contributed by atoms with E-state index in [0.29, 0.717) is 33.8 Å². The van der Waals surface area contributed by atoms with Crippen LogP contribution in [0.1, 0.15) is 53.7 Å². The van der Waals surface area contributed by atoms with Crippen LogP contribution in [0.5, 0.6) is 5.75 Å². The number of nitrogens with zero attached hydrogens (tertiary/aromatic N) is 3. The summed E-state index contributed by atoms with van der Waals surface area (Å²) in [5, 5.41) is 11.6. The van der Waals surface area contributed by atoms with E-state index >= 15 is 0 Å². The fraction of sp³-hybridized carbons (Fsp3) is 0.167. The standard InChI is InChI=1S/C36H35N7O5.2ClH/c1-22-10-13-24-7-5-9-30(33(24)42-22)48-21-27-26(34(45)37-2)14-16-29(32(27)36(47)39-4)43-18-6-8-25(43)20-41-31(44)17-12-23-11-15-28(40-19-23)35(46)38-3;;/h5-19H,20-21H2,1-4H3,(H,37,45)(H,38,46)(H,39,47)(H,41,44);2*1H/b17-12+;;. The number of halogens is 2. The molecular weight excluding hydrogens is 681 g/mol. The fourth-order valence-corrected chi connectivity index (χ4v) is 5.17. The lowest BCUT2D eigenvalue weighted by Crippen LogP contribution is -2.27. The third-order valence-corrected chi connectivity index (χ3v) is 7.62. The molecule has 2 aromatic carbocycles. The van der Waals surface area contributed by atoms with Gasteiger partial charge in [0.15, 0.2) is 0 Å². The first-order chi connectivity index (χ1) is 23.2. The Hall–Kier alpha value is -5.72. The third kappa shape index (κ3) is 8.65. The van der Waals surface area contributed by atoms with Gasteiger partial charge in [0.05, 0.1) is 17.8 Å². The minimum Gasteiger partial charge on any atom is -0.487 e. The molecule has 0 fully saturated rings. The minimum atomic E-state index is -0.413. The second-order valence-corrected chi connectivity index (χ2v) is 10.7. The Kier molecular flexibility index (Phi) is 13.6. The molecule has 260 valence electrons. The molecule has 0 aliphatic carbocycles. The van der Waals surface area contributed by atoms with Gasteiger partial charge in [-0.15, -0.1) is 24.8 Å². The van der Waals surface area contributed by atoms with E-state index < -0.39 is 5.91 Å². The van der Waals surface area contributed by atoms with Gasteiger partial charge in [0.1, 0.15) is 23.6 Å². The van der Waals surface area contributed by atoms with Crippen molar-refractivity contribution in [3.05, 3.63) is 125 Å². The normalized spacial score (nSPS) is 10.5. The Morgan fingerprint density at radius 3 is 2.30 bits per heavy atom. The van der Waals surface area contributed by atoms with Crippen LogP contribution in [0.25, 0.3) is 22.7 Å². The van der Waals surface area contributed by atoms with Gasteiger partial charge in [-0.05, 0) is 61.0 Å². The van der Waals surface area contributed by atoms with Crippen molar-refractivity contribution in [2.45, 2.75) is 20.1 Å². The lowest BCUT2D eigenvalue weighted by atomic mass is 9.97. The van der Waals surface area contributed by atoms with Crippen LogP contribution in [0.4, 0.5) is 0 Å². The number of aryl methyl sites for hydroxylation is 1. The van der Waals surface area contributed by atoms with Crippen molar-refractivity contribution < 1.29 is 23.9 Å². The molecule has 0 saturated heterocycles. The molecule has 12 nitrogen and oxygen atoms in total. The third-order valence-electron chi connectivity index (χ3n) is 7.62. The first kappa shape index (κ1) is 38.7. The summed E-state index contributed by atoms with van der Waals surface area (Å²) in [5.41, 5.74) is 4.53. The Labute approximate surface area is 301 Å². The molecule has 5 rings (SSSR count). The van der Waals surface area contributed by atoms with E-state index in [-0.39, 0.29) is 72.5 Å². The first-order valence-electron chi connectivity index (χ1n) is 15.1. The van der Waals surface area contributed by atoms with Crippen LogP contribution < -0.4 is 26.0 Å². The number of ether oxygens (including phenoxy) is 1. The molecule has 0 aliphatic rings. The van der Waals surface area contributed by atoms with E-state index in [9.17, 15) is 19.2 Å². The highest BCUT2D eigenvalue weighted by Crippen LogP contribution is 2.29. The molecule has 0 unspecified atom stereocenters. The molecule has 0 bridgehead atoms. The van der Waals surface area contributed by atoms with Crippen LogP contribution >= 0.6 is 24.8 Å². The lowest BCUT2D eigenvalue weighted by molar-refractivity contribution is -0.116. The number of aromatic nitrogens is 3. The van der Waals surface area contributed by atoms with Crippen molar-refractivity contribution in [1.82, 2.24) is 35.8 Å². The largest absolute Gasteiger partial charge is 0.487 e. The fourth-order valence-electron chi connectivity index (χ4n) is 5.17. The molecule has 50 heavy (non-hydrogen) atoms. The number of fused-ring (bicyclic) bond motifs is 1. The summed E-state index contributed by atoms with van der Waals surface area (Å²) in [5.74, 6) is -0.923. The van der Waals surface area contributed by atoms with Gasteiger partial charge < -0.3 is 30.6 Å². The molecule has 14 heteroatoms. The predicted octanol–water partition coefficient (Wildman–Crippen LogP) is 4.56. The molecule has 4 N–H and O–H groups in total. The zero-order valence-corrected chi connectivity index (χ0v) is 29.4. The number of hydrogen-bond acceptors (Lipinski definition) is 7. The molecule has 0 atom stereocenters. The van der Waals surface area contributed by atoms with Gasteiger partial charge in [-0.1, -0.05) is 24.3 Å². The number of amides is 4. The maximum Gasteiger partial charge on any atom is 0.269 e. The number of pyridine rings is 2. The van der Waals surface area contributed by atoms with E-state index in [1.165, 1.54) is 33.4 Å². The van der Waals surface area contributed by atoms with Crippen LogP contribution in [-0.4, -0.2) is 59.3 Å². The maximum absolute atomic E-state index is 13.5. The highest BCUT2D eigenvalue weighted by molar-refractivity contribution is 6.04.